The second-order valence-electron chi connectivity index (χ2n) is 7.30. The van der Waals surface area contributed by atoms with Crippen molar-refractivity contribution in [3.05, 3.63) is 71.3 Å². The lowest BCUT2D eigenvalue weighted by Gasteiger charge is -2.27. The van der Waals surface area contributed by atoms with Gasteiger partial charge in [-0.15, -0.1) is 0 Å². The number of amides is 2. The molecule has 0 saturated carbocycles. The van der Waals surface area contributed by atoms with Crippen LogP contribution in [0.3, 0.4) is 0 Å². The van der Waals surface area contributed by atoms with Crippen molar-refractivity contribution in [2.45, 2.75) is 32.5 Å². The van der Waals surface area contributed by atoms with Crippen molar-refractivity contribution >= 4 is 11.8 Å². The summed E-state index contributed by atoms with van der Waals surface area (Å²) >= 11 is 0. The number of nitrogens with one attached hydrogen (secondary N) is 2. The highest BCUT2D eigenvalue weighted by Gasteiger charge is 2.17. The quantitative estimate of drug-likeness (QED) is 0.720. The first kappa shape index (κ1) is 21.0. The van der Waals surface area contributed by atoms with E-state index in [1.165, 1.54) is 12.5 Å². The van der Waals surface area contributed by atoms with Crippen LogP contribution in [0.25, 0.3) is 0 Å². The van der Waals surface area contributed by atoms with Crippen LogP contribution < -0.4 is 10.6 Å². The summed E-state index contributed by atoms with van der Waals surface area (Å²) < 4.78 is 5.42. The molecule has 29 heavy (non-hydrogen) atoms. The third-order valence-electron chi connectivity index (χ3n) is 5.06. The average Bonchev–Trinajstić information content (AvgIpc) is 2.74. The van der Waals surface area contributed by atoms with E-state index in [-0.39, 0.29) is 24.3 Å². The molecular weight excluding hydrogens is 366 g/mol. The number of hydrogen-bond acceptors (Lipinski definition) is 4. The van der Waals surface area contributed by atoms with Crippen LogP contribution in [-0.2, 0) is 27.4 Å². The van der Waals surface area contributed by atoms with Gasteiger partial charge in [-0.05, 0) is 16.7 Å². The summed E-state index contributed by atoms with van der Waals surface area (Å²) in [5, 5.41) is 5.89. The van der Waals surface area contributed by atoms with Gasteiger partial charge in [-0.2, -0.15) is 0 Å². The first-order chi connectivity index (χ1) is 14.1. The van der Waals surface area contributed by atoms with E-state index in [2.05, 4.69) is 27.7 Å². The number of rotatable bonds is 8. The summed E-state index contributed by atoms with van der Waals surface area (Å²) in [5.74, 6) is -0.240. The standard InChI is InChI=1S/C23H29N3O3/c1-18(27)25-22(19-7-3-2-4-8-19)15-23(28)24-16-20-9-5-6-10-21(20)17-26-11-13-29-14-12-26/h2-10,22H,11-17H2,1H3,(H,24,28)(H,25,27). The van der Waals surface area contributed by atoms with Crippen LogP contribution in [0.1, 0.15) is 36.1 Å². The van der Waals surface area contributed by atoms with E-state index in [1.807, 2.05) is 42.5 Å². The summed E-state index contributed by atoms with van der Waals surface area (Å²) in [6.45, 7) is 6.18. The lowest BCUT2D eigenvalue weighted by Crippen LogP contribution is -2.36. The third-order valence-corrected chi connectivity index (χ3v) is 5.06. The Bertz CT molecular complexity index is 804. The normalized spacial score (nSPS) is 15.5. The SMILES string of the molecule is CC(=O)NC(CC(=O)NCc1ccccc1CN1CCOCC1)c1ccccc1. The van der Waals surface area contributed by atoms with E-state index in [9.17, 15) is 9.59 Å². The molecular formula is C23H29N3O3. The minimum Gasteiger partial charge on any atom is -0.379 e. The van der Waals surface area contributed by atoms with Crippen molar-refractivity contribution in [1.29, 1.82) is 0 Å². The van der Waals surface area contributed by atoms with Crippen molar-refractivity contribution in [2.75, 3.05) is 26.3 Å². The van der Waals surface area contributed by atoms with Crippen molar-refractivity contribution in [2.24, 2.45) is 0 Å². The largest absolute Gasteiger partial charge is 0.379 e. The van der Waals surface area contributed by atoms with Gasteiger partial charge in [-0.1, -0.05) is 54.6 Å². The molecule has 0 aromatic heterocycles. The molecule has 1 unspecified atom stereocenters. The molecule has 6 nitrogen and oxygen atoms in total. The Morgan fingerprint density at radius 2 is 1.66 bits per heavy atom. The van der Waals surface area contributed by atoms with Gasteiger partial charge >= 0.3 is 0 Å². The Balaban J connectivity index is 1.58. The Kier molecular flexibility index (Phi) is 7.78. The first-order valence-electron chi connectivity index (χ1n) is 10.1. The lowest BCUT2D eigenvalue weighted by atomic mass is 10.0. The molecule has 1 aliphatic rings. The topological polar surface area (TPSA) is 70.7 Å². The number of morpholine rings is 1. The molecule has 6 heteroatoms. The zero-order valence-corrected chi connectivity index (χ0v) is 16.9. The molecule has 1 saturated heterocycles. The Morgan fingerprint density at radius 1 is 1.00 bits per heavy atom. The Morgan fingerprint density at radius 3 is 2.34 bits per heavy atom. The number of ether oxygens (including phenoxy) is 1. The van der Waals surface area contributed by atoms with Crippen molar-refractivity contribution in [1.82, 2.24) is 15.5 Å². The summed E-state index contributed by atoms with van der Waals surface area (Å²) in [5.41, 5.74) is 3.25. The van der Waals surface area contributed by atoms with Crippen LogP contribution in [0.2, 0.25) is 0 Å². The van der Waals surface area contributed by atoms with E-state index in [1.54, 1.807) is 0 Å². The van der Waals surface area contributed by atoms with Crippen LogP contribution in [-0.4, -0.2) is 43.0 Å². The number of hydrogen-bond donors (Lipinski definition) is 2. The fourth-order valence-electron chi connectivity index (χ4n) is 3.52. The van der Waals surface area contributed by atoms with Gasteiger partial charge in [0.2, 0.25) is 11.8 Å². The summed E-state index contributed by atoms with van der Waals surface area (Å²) in [6.07, 6.45) is 0.204. The molecule has 2 aromatic rings. The second-order valence-corrected chi connectivity index (χ2v) is 7.30. The van der Waals surface area contributed by atoms with Gasteiger partial charge < -0.3 is 15.4 Å². The molecule has 0 spiro atoms. The van der Waals surface area contributed by atoms with E-state index < -0.39 is 0 Å². The van der Waals surface area contributed by atoms with Gasteiger partial charge in [0.15, 0.2) is 0 Å². The fourth-order valence-corrected chi connectivity index (χ4v) is 3.52. The summed E-state index contributed by atoms with van der Waals surface area (Å²) in [6, 6.07) is 17.4. The summed E-state index contributed by atoms with van der Waals surface area (Å²) in [4.78, 5) is 26.5. The van der Waals surface area contributed by atoms with Crippen molar-refractivity contribution in [3.8, 4) is 0 Å². The van der Waals surface area contributed by atoms with E-state index in [0.717, 1.165) is 44.0 Å². The fraction of sp³-hybridized carbons (Fsp3) is 0.391. The highest BCUT2D eigenvalue weighted by Crippen LogP contribution is 2.17. The van der Waals surface area contributed by atoms with Gasteiger partial charge in [0.25, 0.3) is 0 Å². The first-order valence-corrected chi connectivity index (χ1v) is 10.1. The maximum absolute atomic E-state index is 12.6. The van der Waals surface area contributed by atoms with Gasteiger partial charge in [-0.25, -0.2) is 0 Å². The molecule has 154 valence electrons. The number of benzene rings is 2. The van der Waals surface area contributed by atoms with Crippen molar-refractivity contribution in [3.63, 3.8) is 0 Å². The average molecular weight is 396 g/mol. The minimum absolute atomic E-state index is 0.0891. The van der Waals surface area contributed by atoms with E-state index in [4.69, 9.17) is 4.74 Å². The zero-order valence-electron chi connectivity index (χ0n) is 16.9. The molecule has 1 aliphatic heterocycles. The predicted molar refractivity (Wildman–Crippen MR) is 112 cm³/mol. The minimum atomic E-state index is -0.336. The molecule has 2 aromatic carbocycles. The van der Waals surface area contributed by atoms with Gasteiger partial charge in [-0.3, -0.25) is 14.5 Å². The van der Waals surface area contributed by atoms with Crippen LogP contribution in [0.15, 0.2) is 54.6 Å². The van der Waals surface area contributed by atoms with Crippen LogP contribution >= 0.6 is 0 Å². The maximum atomic E-state index is 12.6. The van der Waals surface area contributed by atoms with Crippen molar-refractivity contribution < 1.29 is 14.3 Å². The van der Waals surface area contributed by atoms with Crippen LogP contribution in [0, 0.1) is 0 Å². The predicted octanol–water partition coefficient (Wildman–Crippen LogP) is 2.40. The molecule has 1 atom stereocenters. The number of carbonyl (C=O) groups excluding carboxylic acids is 2. The Labute approximate surface area is 172 Å². The number of nitrogens with zero attached hydrogens (tertiary/aromatic N) is 1. The molecule has 0 aliphatic carbocycles. The molecule has 2 N–H and O–H groups in total. The Hall–Kier alpha value is -2.70. The van der Waals surface area contributed by atoms with Gasteiger partial charge in [0.1, 0.15) is 0 Å². The molecule has 1 heterocycles. The molecule has 2 amide bonds. The molecule has 3 rings (SSSR count). The molecule has 0 bridgehead atoms. The van der Waals surface area contributed by atoms with E-state index in [0.29, 0.717) is 6.54 Å². The zero-order chi connectivity index (χ0) is 20.5. The summed E-state index contributed by atoms with van der Waals surface area (Å²) in [7, 11) is 0. The smallest absolute Gasteiger partial charge is 0.222 e. The van der Waals surface area contributed by atoms with Gasteiger partial charge in [0, 0.05) is 33.1 Å². The molecule has 0 radical (unpaired) electrons. The van der Waals surface area contributed by atoms with Gasteiger partial charge in [0.05, 0.1) is 25.7 Å². The second kappa shape index (κ2) is 10.7. The van der Waals surface area contributed by atoms with Crippen LogP contribution in [0.4, 0.5) is 0 Å². The maximum Gasteiger partial charge on any atom is 0.222 e. The van der Waals surface area contributed by atoms with Crippen LogP contribution in [0.5, 0.6) is 0 Å². The highest BCUT2D eigenvalue weighted by molar-refractivity contribution is 5.79. The highest BCUT2D eigenvalue weighted by atomic mass is 16.5. The monoisotopic (exact) mass is 395 g/mol. The third kappa shape index (κ3) is 6.69. The lowest BCUT2D eigenvalue weighted by molar-refractivity contribution is -0.122. The van der Waals surface area contributed by atoms with E-state index >= 15 is 0 Å². The number of carbonyl (C=O) groups is 2. The molecule has 1 fully saturated rings.